The van der Waals surface area contributed by atoms with Crippen LogP contribution in [0.5, 0.6) is 0 Å². The zero-order valence-corrected chi connectivity index (χ0v) is 21.5. The highest BCUT2D eigenvalue weighted by atomic mass is 32.2. The predicted molar refractivity (Wildman–Crippen MR) is 142 cm³/mol. The minimum atomic E-state index is -1.04. The lowest BCUT2D eigenvalue weighted by Gasteiger charge is -2.32. The molecule has 0 bridgehead atoms. The number of aromatic nitrogens is 3. The Morgan fingerprint density at radius 3 is 2.59 bits per heavy atom. The maximum absolute atomic E-state index is 13.6. The van der Waals surface area contributed by atoms with Crippen molar-refractivity contribution < 1.29 is 19.1 Å². The third-order valence-electron chi connectivity index (χ3n) is 6.05. The zero-order valence-electron chi connectivity index (χ0n) is 20.6. The number of urea groups is 1. The first-order valence-corrected chi connectivity index (χ1v) is 12.9. The molecular weight excluding hydrogens is 495 g/mol. The van der Waals surface area contributed by atoms with E-state index in [2.05, 4.69) is 15.6 Å². The zero-order chi connectivity index (χ0) is 26.4. The Bertz CT molecular complexity index is 1290. The number of imidazole rings is 1. The molecule has 1 aromatic carbocycles. The smallest absolute Gasteiger partial charge is 0.328 e. The average molecular weight is 525 g/mol. The lowest BCUT2D eigenvalue weighted by Crippen LogP contribution is -2.46. The standard InChI is InChI=1S/C26H29FN6O3S/c1-3-28-25(36)33-13-9-20(10-14-33)30-21-16-18(8-12-29-21)24-23(17-4-6-19(27)7-5-17)31-26(32(24)2)37-15-11-22(34)35/h4-8,11-12,15-16,20H,3,9-10,13-14H2,1-2H3,(H,28,36)(H,29,30)(H,34,35)/b15-11-. The molecule has 1 aliphatic heterocycles. The van der Waals surface area contributed by atoms with Crippen LogP contribution in [0.15, 0.2) is 59.2 Å². The summed E-state index contributed by atoms with van der Waals surface area (Å²) in [7, 11) is 1.86. The largest absolute Gasteiger partial charge is 0.478 e. The number of halogens is 1. The normalized spacial score (nSPS) is 14.2. The highest BCUT2D eigenvalue weighted by Gasteiger charge is 2.23. The maximum Gasteiger partial charge on any atom is 0.328 e. The van der Waals surface area contributed by atoms with E-state index in [9.17, 15) is 14.0 Å². The van der Waals surface area contributed by atoms with Gasteiger partial charge in [0.15, 0.2) is 5.16 Å². The lowest BCUT2D eigenvalue weighted by molar-refractivity contribution is -0.131. The first-order valence-electron chi connectivity index (χ1n) is 12.0. The van der Waals surface area contributed by atoms with E-state index in [0.29, 0.717) is 36.3 Å². The van der Waals surface area contributed by atoms with Gasteiger partial charge in [-0.2, -0.15) is 0 Å². The van der Waals surface area contributed by atoms with E-state index in [4.69, 9.17) is 10.1 Å². The van der Waals surface area contributed by atoms with Crippen molar-refractivity contribution in [2.24, 2.45) is 7.05 Å². The van der Waals surface area contributed by atoms with Gasteiger partial charge in [-0.1, -0.05) is 11.8 Å². The molecule has 0 unspecified atom stereocenters. The summed E-state index contributed by atoms with van der Waals surface area (Å²) in [4.78, 5) is 34.1. The van der Waals surface area contributed by atoms with E-state index in [1.807, 2.05) is 35.6 Å². The van der Waals surface area contributed by atoms with Gasteiger partial charge in [0.05, 0.1) is 11.4 Å². The van der Waals surface area contributed by atoms with Crippen LogP contribution in [-0.4, -0.2) is 62.2 Å². The van der Waals surface area contributed by atoms with Gasteiger partial charge in [0.25, 0.3) is 0 Å². The third kappa shape index (κ3) is 6.48. The van der Waals surface area contributed by atoms with Crippen LogP contribution in [0.4, 0.5) is 15.0 Å². The van der Waals surface area contributed by atoms with Crippen LogP contribution in [0.1, 0.15) is 19.8 Å². The molecule has 4 rings (SSSR count). The molecule has 194 valence electrons. The molecule has 9 nitrogen and oxygen atoms in total. The van der Waals surface area contributed by atoms with E-state index < -0.39 is 5.97 Å². The Labute approximate surface area is 218 Å². The van der Waals surface area contributed by atoms with Crippen LogP contribution >= 0.6 is 11.8 Å². The van der Waals surface area contributed by atoms with Gasteiger partial charge in [-0.25, -0.2) is 23.9 Å². The molecule has 1 saturated heterocycles. The summed E-state index contributed by atoms with van der Waals surface area (Å²) in [6, 6.07) is 10.1. The Morgan fingerprint density at radius 2 is 1.92 bits per heavy atom. The number of amides is 2. The molecule has 37 heavy (non-hydrogen) atoms. The number of benzene rings is 1. The summed E-state index contributed by atoms with van der Waals surface area (Å²) in [6.45, 7) is 3.86. The van der Waals surface area contributed by atoms with Crippen molar-refractivity contribution in [2.45, 2.75) is 31.0 Å². The Kier molecular flexibility index (Phi) is 8.44. The second kappa shape index (κ2) is 11.9. The van der Waals surface area contributed by atoms with Gasteiger partial charge in [0.1, 0.15) is 11.6 Å². The molecule has 1 fully saturated rings. The molecule has 0 aliphatic carbocycles. The molecule has 0 atom stereocenters. The molecule has 0 spiro atoms. The molecule has 2 aromatic heterocycles. The number of piperidine rings is 1. The van der Waals surface area contributed by atoms with E-state index in [1.54, 1.807) is 18.3 Å². The van der Waals surface area contributed by atoms with E-state index in [-0.39, 0.29) is 17.9 Å². The van der Waals surface area contributed by atoms with Crippen LogP contribution in [0, 0.1) is 5.82 Å². The van der Waals surface area contributed by atoms with Crippen LogP contribution in [0.3, 0.4) is 0 Å². The van der Waals surface area contributed by atoms with Gasteiger partial charge in [0.2, 0.25) is 0 Å². The van der Waals surface area contributed by atoms with Gasteiger partial charge in [-0.15, -0.1) is 0 Å². The highest BCUT2D eigenvalue weighted by Crippen LogP contribution is 2.36. The molecule has 3 aromatic rings. The number of carbonyl (C=O) groups is 2. The fraction of sp³-hybridized carbons (Fsp3) is 0.308. The quantitative estimate of drug-likeness (QED) is 0.292. The Hall–Kier alpha value is -3.86. The number of aliphatic carboxylic acids is 1. The molecule has 11 heteroatoms. The summed E-state index contributed by atoms with van der Waals surface area (Å²) in [5.74, 6) is -0.670. The van der Waals surface area contributed by atoms with Crippen molar-refractivity contribution in [3.8, 4) is 22.5 Å². The van der Waals surface area contributed by atoms with Crippen molar-refractivity contribution in [1.82, 2.24) is 24.8 Å². The second-order valence-corrected chi connectivity index (χ2v) is 9.46. The monoisotopic (exact) mass is 524 g/mol. The number of hydrogen-bond donors (Lipinski definition) is 3. The highest BCUT2D eigenvalue weighted by molar-refractivity contribution is 8.02. The maximum atomic E-state index is 13.6. The number of pyridine rings is 1. The van der Waals surface area contributed by atoms with Crippen molar-refractivity contribution in [3.63, 3.8) is 0 Å². The van der Waals surface area contributed by atoms with Crippen LogP contribution in [0.2, 0.25) is 0 Å². The molecule has 2 amide bonds. The summed E-state index contributed by atoms with van der Waals surface area (Å²) in [6.07, 6.45) is 4.40. The van der Waals surface area contributed by atoms with Crippen molar-refractivity contribution in [2.75, 3.05) is 25.0 Å². The van der Waals surface area contributed by atoms with E-state index in [0.717, 1.165) is 35.7 Å². The number of likely N-dealkylation sites (tertiary alicyclic amines) is 1. The number of carboxylic acid groups (broad SMARTS) is 1. The molecular formula is C26H29FN6O3S. The van der Waals surface area contributed by atoms with Crippen LogP contribution in [-0.2, 0) is 11.8 Å². The number of carboxylic acids is 1. The summed E-state index contributed by atoms with van der Waals surface area (Å²) >= 11 is 1.19. The molecule has 1 aliphatic rings. The first-order chi connectivity index (χ1) is 17.9. The van der Waals surface area contributed by atoms with E-state index >= 15 is 0 Å². The SMILES string of the molecule is CCNC(=O)N1CCC(Nc2cc(-c3c(-c4ccc(F)cc4)nc(S/C=C\C(=O)O)n3C)ccn2)CC1. The summed E-state index contributed by atoms with van der Waals surface area (Å²) in [5.41, 5.74) is 3.06. The second-order valence-electron chi connectivity index (χ2n) is 8.59. The molecule has 0 radical (unpaired) electrons. The lowest BCUT2D eigenvalue weighted by atomic mass is 10.0. The third-order valence-corrected chi connectivity index (χ3v) is 6.90. The van der Waals surface area contributed by atoms with Crippen molar-refractivity contribution >= 4 is 29.6 Å². The van der Waals surface area contributed by atoms with Crippen molar-refractivity contribution in [1.29, 1.82) is 0 Å². The van der Waals surface area contributed by atoms with E-state index in [1.165, 1.54) is 29.3 Å². The van der Waals surface area contributed by atoms with Gasteiger partial charge >= 0.3 is 12.0 Å². The Balaban J connectivity index is 1.59. The molecule has 3 N–H and O–H groups in total. The summed E-state index contributed by atoms with van der Waals surface area (Å²) < 4.78 is 15.5. The number of anilines is 1. The van der Waals surface area contributed by atoms with Crippen LogP contribution < -0.4 is 10.6 Å². The van der Waals surface area contributed by atoms with Crippen molar-refractivity contribution in [3.05, 3.63) is 59.9 Å². The van der Waals surface area contributed by atoms with Crippen LogP contribution in [0.25, 0.3) is 22.5 Å². The summed E-state index contributed by atoms with van der Waals surface area (Å²) in [5, 5.41) is 17.3. The van der Waals surface area contributed by atoms with Gasteiger partial charge < -0.3 is 25.2 Å². The van der Waals surface area contributed by atoms with Gasteiger partial charge in [-0.3, -0.25) is 0 Å². The van der Waals surface area contributed by atoms with Gasteiger partial charge in [0, 0.05) is 56.1 Å². The average Bonchev–Trinajstić information content (AvgIpc) is 3.21. The molecule has 0 saturated carbocycles. The predicted octanol–water partition coefficient (Wildman–Crippen LogP) is 4.58. The minimum Gasteiger partial charge on any atom is -0.478 e. The topological polar surface area (TPSA) is 112 Å². The number of rotatable bonds is 8. The van der Waals surface area contributed by atoms with Gasteiger partial charge in [-0.05, 0) is 61.6 Å². The number of thioether (sulfide) groups is 1. The minimum absolute atomic E-state index is 0.0301. The molecule has 3 heterocycles. The number of nitrogens with zero attached hydrogens (tertiary/aromatic N) is 4. The fourth-order valence-electron chi connectivity index (χ4n) is 4.23. The Morgan fingerprint density at radius 1 is 1.19 bits per heavy atom. The fourth-order valence-corrected chi connectivity index (χ4v) is 4.93. The first kappa shape index (κ1) is 26.2. The number of nitrogens with one attached hydrogen (secondary N) is 2. The number of carbonyl (C=O) groups excluding carboxylic acids is 1. The number of hydrogen-bond acceptors (Lipinski definition) is 6.